The summed E-state index contributed by atoms with van der Waals surface area (Å²) >= 11 is 0. The van der Waals surface area contributed by atoms with Gasteiger partial charge in [0.15, 0.2) is 0 Å². The third kappa shape index (κ3) is 3.22. The molecule has 1 heterocycles. The first-order valence-corrected chi connectivity index (χ1v) is 5.71. The molecule has 0 aliphatic carbocycles. The van der Waals surface area contributed by atoms with Gasteiger partial charge >= 0.3 is 11.6 Å². The molecule has 2 rings (SSSR count). The van der Waals surface area contributed by atoms with E-state index < -0.39 is 10.8 Å². The molecule has 1 aromatic heterocycles. The first-order valence-electron chi connectivity index (χ1n) is 5.71. The Balaban J connectivity index is 2.33. The van der Waals surface area contributed by atoms with E-state index in [4.69, 9.17) is 16.3 Å². The van der Waals surface area contributed by atoms with Crippen LogP contribution in [0.5, 0.6) is 11.6 Å². The number of rotatable bonds is 5. The number of hydrogen-bond acceptors (Lipinski definition) is 7. The summed E-state index contributed by atoms with van der Waals surface area (Å²) < 4.78 is 5.35. The number of nitrogens with one attached hydrogen (secondary N) is 1. The van der Waals surface area contributed by atoms with Crippen LogP contribution < -0.4 is 21.7 Å². The molecule has 1 aromatic carbocycles. The van der Waals surface area contributed by atoms with Gasteiger partial charge in [-0.15, -0.1) is 0 Å². The van der Waals surface area contributed by atoms with Crippen molar-refractivity contribution in [3.8, 4) is 11.6 Å². The van der Waals surface area contributed by atoms with Crippen LogP contribution in [-0.2, 0) is 0 Å². The fourth-order valence-electron chi connectivity index (χ4n) is 1.53. The van der Waals surface area contributed by atoms with E-state index in [0.29, 0.717) is 5.56 Å². The zero-order valence-electron chi connectivity index (χ0n) is 10.6. The minimum Gasteiger partial charge on any atom is -0.434 e. The summed E-state index contributed by atoms with van der Waals surface area (Å²) in [6.45, 7) is 0. The van der Waals surface area contributed by atoms with Gasteiger partial charge in [-0.25, -0.2) is 5.84 Å². The maximum atomic E-state index is 11.0. The molecule has 1 amide bonds. The van der Waals surface area contributed by atoms with Crippen molar-refractivity contribution < 1.29 is 14.5 Å². The lowest BCUT2D eigenvalue weighted by atomic mass is 10.2. The number of pyridine rings is 1. The number of hydrazine groups is 1. The summed E-state index contributed by atoms with van der Waals surface area (Å²) in [7, 11) is 0. The van der Waals surface area contributed by atoms with Gasteiger partial charge < -0.3 is 15.9 Å². The molecule has 21 heavy (non-hydrogen) atoms. The SMILES string of the molecule is NNc1ccc([N+](=O)[O-])c(Oc2ccc(C(N)=O)cc2)n1. The standard InChI is InChI=1S/C12H11N5O4/c13-11(18)7-1-3-8(4-2-7)21-12-9(17(19)20)5-6-10(15-12)16-14/h1-6H,14H2,(H2,13,18)(H,15,16). The molecule has 0 aliphatic rings. The largest absolute Gasteiger partial charge is 0.434 e. The number of nitrogen functional groups attached to an aromatic ring is 1. The molecule has 0 spiro atoms. The van der Waals surface area contributed by atoms with Crippen molar-refractivity contribution in [2.45, 2.75) is 0 Å². The van der Waals surface area contributed by atoms with Crippen molar-refractivity contribution in [2.24, 2.45) is 11.6 Å². The maximum absolute atomic E-state index is 11.0. The zero-order chi connectivity index (χ0) is 15.4. The van der Waals surface area contributed by atoms with Crippen molar-refractivity contribution in [1.82, 2.24) is 4.98 Å². The van der Waals surface area contributed by atoms with Crippen molar-refractivity contribution in [2.75, 3.05) is 5.43 Å². The van der Waals surface area contributed by atoms with E-state index in [1.807, 2.05) is 0 Å². The molecule has 0 saturated carbocycles. The lowest BCUT2D eigenvalue weighted by Gasteiger charge is -2.07. The molecular weight excluding hydrogens is 278 g/mol. The molecule has 0 radical (unpaired) electrons. The van der Waals surface area contributed by atoms with Gasteiger partial charge in [0.2, 0.25) is 5.91 Å². The second kappa shape index (κ2) is 5.84. The monoisotopic (exact) mass is 289 g/mol. The van der Waals surface area contributed by atoms with Gasteiger partial charge in [-0.2, -0.15) is 4.98 Å². The van der Waals surface area contributed by atoms with Gasteiger partial charge in [0.1, 0.15) is 11.6 Å². The average molecular weight is 289 g/mol. The molecule has 9 nitrogen and oxygen atoms in total. The van der Waals surface area contributed by atoms with Crippen LogP contribution in [0.2, 0.25) is 0 Å². The normalized spacial score (nSPS) is 9.95. The fraction of sp³-hybridized carbons (Fsp3) is 0. The highest BCUT2D eigenvalue weighted by Crippen LogP contribution is 2.30. The quantitative estimate of drug-likeness (QED) is 0.425. The number of amides is 1. The van der Waals surface area contributed by atoms with Crippen molar-refractivity contribution in [1.29, 1.82) is 0 Å². The summed E-state index contributed by atoms with van der Waals surface area (Å²) in [6.07, 6.45) is 0. The molecule has 108 valence electrons. The molecule has 0 fully saturated rings. The van der Waals surface area contributed by atoms with E-state index in [1.54, 1.807) is 0 Å². The first kappa shape index (κ1) is 14.2. The van der Waals surface area contributed by atoms with Crippen LogP contribution in [0.1, 0.15) is 10.4 Å². The zero-order valence-corrected chi connectivity index (χ0v) is 10.6. The highest BCUT2D eigenvalue weighted by atomic mass is 16.6. The van der Waals surface area contributed by atoms with Crippen molar-refractivity contribution in [3.63, 3.8) is 0 Å². The van der Waals surface area contributed by atoms with Crippen LogP contribution >= 0.6 is 0 Å². The van der Waals surface area contributed by atoms with E-state index in [1.165, 1.54) is 36.4 Å². The summed E-state index contributed by atoms with van der Waals surface area (Å²) in [5.74, 6) is 4.88. The van der Waals surface area contributed by atoms with E-state index in [2.05, 4.69) is 10.4 Å². The van der Waals surface area contributed by atoms with Gasteiger partial charge in [0, 0.05) is 11.6 Å². The topological polar surface area (TPSA) is 146 Å². The van der Waals surface area contributed by atoms with Crippen molar-refractivity contribution >= 4 is 17.4 Å². The van der Waals surface area contributed by atoms with E-state index in [0.717, 1.165) is 0 Å². The Labute approximate surface area is 118 Å². The van der Waals surface area contributed by atoms with Gasteiger partial charge in [-0.1, -0.05) is 0 Å². The predicted octanol–water partition coefficient (Wildman–Crippen LogP) is 1.17. The number of primary amides is 1. The Morgan fingerprint density at radius 2 is 1.90 bits per heavy atom. The lowest BCUT2D eigenvalue weighted by molar-refractivity contribution is -0.386. The fourth-order valence-corrected chi connectivity index (χ4v) is 1.53. The summed E-state index contributed by atoms with van der Waals surface area (Å²) in [4.78, 5) is 25.1. The number of carbonyl (C=O) groups excluding carboxylic acids is 1. The number of hydrogen-bond donors (Lipinski definition) is 3. The Morgan fingerprint density at radius 3 is 2.43 bits per heavy atom. The van der Waals surface area contributed by atoms with Crippen LogP contribution in [0.15, 0.2) is 36.4 Å². The minimum absolute atomic E-state index is 0.212. The molecule has 0 unspecified atom stereocenters. The number of aromatic nitrogens is 1. The number of carbonyl (C=O) groups is 1. The highest BCUT2D eigenvalue weighted by Gasteiger charge is 2.18. The average Bonchev–Trinajstić information content (AvgIpc) is 2.47. The number of ether oxygens (including phenoxy) is 1. The molecular formula is C12H11N5O4. The van der Waals surface area contributed by atoms with Gasteiger partial charge in [0.25, 0.3) is 0 Å². The molecule has 2 aromatic rings. The molecule has 0 atom stereocenters. The first-order chi connectivity index (χ1) is 10.0. The third-order valence-electron chi connectivity index (χ3n) is 2.54. The smallest absolute Gasteiger partial charge is 0.331 e. The number of anilines is 1. The summed E-state index contributed by atoms with van der Waals surface area (Å²) in [6, 6.07) is 8.35. The molecule has 0 saturated heterocycles. The van der Waals surface area contributed by atoms with Crippen LogP contribution in [0, 0.1) is 10.1 Å². The maximum Gasteiger partial charge on any atom is 0.331 e. The summed E-state index contributed by atoms with van der Waals surface area (Å²) in [5, 5.41) is 10.9. The Morgan fingerprint density at radius 1 is 1.24 bits per heavy atom. The Hall–Kier alpha value is -3.20. The predicted molar refractivity (Wildman–Crippen MR) is 73.7 cm³/mol. The van der Waals surface area contributed by atoms with Crippen LogP contribution in [0.3, 0.4) is 0 Å². The van der Waals surface area contributed by atoms with E-state index in [-0.39, 0.29) is 23.1 Å². The Kier molecular flexibility index (Phi) is 3.95. The molecule has 5 N–H and O–H groups in total. The number of nitrogens with zero attached hydrogens (tertiary/aromatic N) is 2. The van der Waals surface area contributed by atoms with E-state index in [9.17, 15) is 14.9 Å². The third-order valence-corrected chi connectivity index (χ3v) is 2.54. The van der Waals surface area contributed by atoms with Crippen LogP contribution in [0.25, 0.3) is 0 Å². The Bertz CT molecular complexity index is 687. The second-order valence-corrected chi connectivity index (χ2v) is 3.91. The summed E-state index contributed by atoms with van der Waals surface area (Å²) in [5.41, 5.74) is 7.36. The molecule has 0 aliphatic heterocycles. The highest BCUT2D eigenvalue weighted by molar-refractivity contribution is 5.92. The van der Waals surface area contributed by atoms with Crippen molar-refractivity contribution in [3.05, 3.63) is 52.1 Å². The van der Waals surface area contributed by atoms with Crippen LogP contribution in [0.4, 0.5) is 11.5 Å². The van der Waals surface area contributed by atoms with Gasteiger partial charge in [-0.05, 0) is 30.3 Å². The minimum atomic E-state index is -0.625. The molecule has 9 heteroatoms. The molecule has 0 bridgehead atoms. The van der Waals surface area contributed by atoms with Gasteiger partial charge in [0.05, 0.1) is 4.92 Å². The number of nitrogens with two attached hydrogens (primary N) is 2. The second-order valence-electron chi connectivity index (χ2n) is 3.91. The number of benzene rings is 1. The van der Waals surface area contributed by atoms with Crippen LogP contribution in [-0.4, -0.2) is 15.8 Å². The van der Waals surface area contributed by atoms with Gasteiger partial charge in [-0.3, -0.25) is 14.9 Å². The lowest BCUT2D eigenvalue weighted by Crippen LogP contribution is -2.10. The number of nitro groups is 1. The van der Waals surface area contributed by atoms with E-state index >= 15 is 0 Å².